The van der Waals surface area contributed by atoms with Crippen molar-refractivity contribution in [2.75, 3.05) is 32.9 Å². The molecule has 1 unspecified atom stereocenters. The monoisotopic (exact) mass is 351 g/mol. The maximum atomic E-state index is 10.4. The average molecular weight is 352 g/mol. The molecule has 5 heteroatoms. The van der Waals surface area contributed by atoms with Crippen LogP contribution in [0.4, 0.5) is 0 Å². The van der Waals surface area contributed by atoms with Gasteiger partial charge in [-0.1, -0.05) is 36.4 Å². The third-order valence-electron chi connectivity index (χ3n) is 4.43. The summed E-state index contributed by atoms with van der Waals surface area (Å²) in [7, 11) is 0. The van der Waals surface area contributed by atoms with E-state index in [1.165, 1.54) is 0 Å². The number of β-amino-alcohol motifs (C(OH)–C–C–N with tert-alkyl or cyclic N) is 1. The van der Waals surface area contributed by atoms with E-state index in [1.807, 2.05) is 30.3 Å². The highest BCUT2D eigenvalue weighted by Gasteiger charge is 2.31. The van der Waals surface area contributed by atoms with E-state index in [4.69, 9.17) is 9.47 Å². The number of nitrogens with zero attached hydrogens (tertiary/aromatic N) is 1. The van der Waals surface area contributed by atoms with Gasteiger partial charge in [0.1, 0.15) is 18.5 Å². The predicted octanol–water partition coefficient (Wildman–Crippen LogP) is 3.11. The van der Waals surface area contributed by atoms with Gasteiger partial charge in [-0.25, -0.2) is 0 Å². The highest BCUT2D eigenvalue weighted by atomic mass is 35.5. The molecule has 0 saturated carbocycles. The van der Waals surface area contributed by atoms with Crippen LogP contribution >= 0.6 is 12.4 Å². The summed E-state index contributed by atoms with van der Waals surface area (Å²) in [5.74, 6) is 0.823. The summed E-state index contributed by atoms with van der Waals surface area (Å²) in [5.41, 5.74) is -0.0430. The molecule has 0 radical (unpaired) electrons. The second kappa shape index (κ2) is 8.17. The van der Waals surface area contributed by atoms with Crippen molar-refractivity contribution in [1.29, 1.82) is 0 Å². The molecule has 0 spiro atoms. The van der Waals surface area contributed by atoms with E-state index in [1.54, 1.807) is 0 Å². The van der Waals surface area contributed by atoms with Gasteiger partial charge in [-0.05, 0) is 25.3 Å². The molecule has 3 rings (SSSR count). The number of hydrogen-bond acceptors (Lipinski definition) is 4. The maximum Gasteiger partial charge on any atom is 0.127 e. The molecular weight excluding hydrogens is 326 g/mol. The first-order valence-corrected chi connectivity index (χ1v) is 8.18. The number of halogens is 1. The second-order valence-electron chi connectivity index (χ2n) is 6.75. The van der Waals surface area contributed by atoms with E-state index < -0.39 is 6.10 Å². The first-order valence-electron chi connectivity index (χ1n) is 8.18. The van der Waals surface area contributed by atoms with Crippen molar-refractivity contribution < 1.29 is 14.6 Å². The number of aliphatic hydroxyl groups excluding tert-OH is 1. The number of fused-ring (bicyclic) bond motifs is 1. The molecule has 4 nitrogen and oxygen atoms in total. The molecule has 1 atom stereocenters. The molecule has 0 aliphatic carbocycles. The van der Waals surface area contributed by atoms with Crippen LogP contribution in [0.2, 0.25) is 0 Å². The number of hydrogen-bond donors (Lipinski definition) is 1. The van der Waals surface area contributed by atoms with E-state index in [0.717, 1.165) is 29.7 Å². The number of ether oxygens (including phenoxy) is 2. The maximum absolute atomic E-state index is 10.4. The molecule has 1 N–H and O–H groups in total. The molecule has 2 aromatic carbocycles. The van der Waals surface area contributed by atoms with Gasteiger partial charge >= 0.3 is 0 Å². The van der Waals surface area contributed by atoms with Crippen LogP contribution in [0.1, 0.15) is 13.8 Å². The molecule has 0 amide bonds. The van der Waals surface area contributed by atoms with Gasteiger partial charge in [0.2, 0.25) is 0 Å². The number of aliphatic hydroxyl groups is 1. The summed E-state index contributed by atoms with van der Waals surface area (Å²) < 4.78 is 11.4. The highest BCUT2D eigenvalue weighted by molar-refractivity contribution is 5.88. The lowest BCUT2D eigenvalue weighted by atomic mass is 10.0. The molecule has 0 bridgehead atoms. The highest BCUT2D eigenvalue weighted by Crippen LogP contribution is 2.25. The van der Waals surface area contributed by atoms with E-state index in [9.17, 15) is 5.11 Å². The molecular formula is C19H26ClNO3. The van der Waals surface area contributed by atoms with Crippen molar-refractivity contribution in [3.8, 4) is 5.75 Å². The van der Waals surface area contributed by atoms with Gasteiger partial charge in [-0.2, -0.15) is 0 Å². The number of rotatable bonds is 5. The Balaban J connectivity index is 0.00000208. The van der Waals surface area contributed by atoms with Crippen molar-refractivity contribution in [3.05, 3.63) is 42.5 Å². The van der Waals surface area contributed by atoms with Gasteiger partial charge in [0.15, 0.2) is 0 Å². The summed E-state index contributed by atoms with van der Waals surface area (Å²) in [6, 6.07) is 14.1. The Morgan fingerprint density at radius 2 is 1.96 bits per heavy atom. The van der Waals surface area contributed by atoms with Crippen molar-refractivity contribution in [1.82, 2.24) is 4.90 Å². The Kier molecular flexibility index (Phi) is 6.47. The lowest BCUT2D eigenvalue weighted by Gasteiger charge is -2.42. The van der Waals surface area contributed by atoms with Gasteiger partial charge in [0, 0.05) is 24.0 Å². The normalized spacial score (nSPS) is 18.8. The van der Waals surface area contributed by atoms with Crippen LogP contribution in [0.15, 0.2) is 42.5 Å². The Hall–Kier alpha value is -1.33. The summed E-state index contributed by atoms with van der Waals surface area (Å²) in [4.78, 5) is 2.27. The first kappa shape index (κ1) is 19.0. The van der Waals surface area contributed by atoms with E-state index in [2.05, 4.69) is 30.9 Å². The van der Waals surface area contributed by atoms with E-state index in [-0.39, 0.29) is 17.9 Å². The van der Waals surface area contributed by atoms with Crippen molar-refractivity contribution >= 4 is 23.2 Å². The summed E-state index contributed by atoms with van der Waals surface area (Å²) in [6.45, 7) is 7.44. The fourth-order valence-electron chi connectivity index (χ4n) is 3.04. The lowest BCUT2D eigenvalue weighted by molar-refractivity contribution is -0.0702. The Morgan fingerprint density at radius 1 is 1.21 bits per heavy atom. The van der Waals surface area contributed by atoms with Gasteiger partial charge < -0.3 is 14.6 Å². The van der Waals surface area contributed by atoms with E-state index in [0.29, 0.717) is 19.8 Å². The molecule has 0 aromatic heterocycles. The van der Waals surface area contributed by atoms with E-state index >= 15 is 0 Å². The molecule has 1 heterocycles. The van der Waals surface area contributed by atoms with Crippen LogP contribution in [-0.4, -0.2) is 54.6 Å². The van der Waals surface area contributed by atoms with Gasteiger partial charge in [-0.3, -0.25) is 4.90 Å². The molecule has 1 saturated heterocycles. The summed E-state index contributed by atoms with van der Waals surface area (Å²) in [5, 5.41) is 12.6. The molecule has 2 aromatic rings. The minimum absolute atomic E-state index is 0. The molecule has 1 aliphatic rings. The minimum Gasteiger partial charge on any atom is -0.490 e. The van der Waals surface area contributed by atoms with Crippen LogP contribution in [0.5, 0.6) is 5.75 Å². The predicted molar refractivity (Wildman–Crippen MR) is 99.2 cm³/mol. The van der Waals surface area contributed by atoms with Gasteiger partial charge in [0.05, 0.1) is 13.2 Å². The van der Waals surface area contributed by atoms with Crippen LogP contribution in [0, 0.1) is 0 Å². The number of morpholine rings is 1. The fourth-order valence-corrected chi connectivity index (χ4v) is 3.04. The summed E-state index contributed by atoms with van der Waals surface area (Å²) >= 11 is 0. The Morgan fingerprint density at radius 3 is 2.75 bits per heavy atom. The Bertz CT molecular complexity index is 657. The first-order chi connectivity index (χ1) is 11.1. The largest absolute Gasteiger partial charge is 0.490 e. The molecule has 1 aliphatic heterocycles. The third kappa shape index (κ3) is 4.39. The molecule has 132 valence electrons. The average Bonchev–Trinajstić information content (AvgIpc) is 2.55. The smallest absolute Gasteiger partial charge is 0.127 e. The quantitative estimate of drug-likeness (QED) is 0.898. The zero-order valence-corrected chi connectivity index (χ0v) is 15.1. The zero-order chi connectivity index (χ0) is 16.3. The van der Waals surface area contributed by atoms with Gasteiger partial charge in [-0.15, -0.1) is 12.4 Å². The lowest BCUT2D eigenvalue weighted by Crippen LogP contribution is -2.55. The zero-order valence-electron chi connectivity index (χ0n) is 14.3. The van der Waals surface area contributed by atoms with Crippen molar-refractivity contribution in [2.45, 2.75) is 25.5 Å². The van der Waals surface area contributed by atoms with Crippen LogP contribution in [0.3, 0.4) is 0 Å². The third-order valence-corrected chi connectivity index (χ3v) is 4.43. The van der Waals surface area contributed by atoms with Crippen molar-refractivity contribution in [2.24, 2.45) is 0 Å². The van der Waals surface area contributed by atoms with Crippen molar-refractivity contribution in [3.63, 3.8) is 0 Å². The van der Waals surface area contributed by atoms with Crippen LogP contribution in [-0.2, 0) is 4.74 Å². The SMILES string of the molecule is CC1(C)COCCN1CC(O)COc1cccc2ccccc12.Cl. The Labute approximate surface area is 149 Å². The molecule has 1 fully saturated rings. The minimum atomic E-state index is -0.522. The van der Waals surface area contributed by atoms with Gasteiger partial charge in [0.25, 0.3) is 0 Å². The van der Waals surface area contributed by atoms with Crippen LogP contribution < -0.4 is 4.74 Å². The topological polar surface area (TPSA) is 41.9 Å². The van der Waals surface area contributed by atoms with Crippen LogP contribution in [0.25, 0.3) is 10.8 Å². The molecule has 24 heavy (non-hydrogen) atoms. The standard InChI is InChI=1S/C19H25NO3.ClH/c1-19(2)14-22-11-10-20(19)12-16(21)13-23-18-9-5-7-15-6-3-4-8-17(15)18;/h3-9,16,21H,10-14H2,1-2H3;1H. The number of benzene rings is 2. The second-order valence-corrected chi connectivity index (χ2v) is 6.75. The fraction of sp³-hybridized carbons (Fsp3) is 0.474. The summed E-state index contributed by atoms with van der Waals surface area (Å²) in [6.07, 6.45) is -0.522.